The molecule has 1 N–H and O–H groups in total. The van der Waals surface area contributed by atoms with E-state index in [1.165, 1.54) is 32.2 Å². The first-order chi connectivity index (χ1) is 8.31. The van der Waals surface area contributed by atoms with E-state index in [0.717, 1.165) is 19.0 Å². The zero-order valence-corrected chi connectivity index (χ0v) is 11.0. The van der Waals surface area contributed by atoms with E-state index in [2.05, 4.69) is 39.9 Å². The third kappa shape index (κ3) is 3.22. The molecule has 1 aliphatic heterocycles. The van der Waals surface area contributed by atoms with Gasteiger partial charge in [0.1, 0.15) is 0 Å². The van der Waals surface area contributed by atoms with Gasteiger partial charge in [-0.1, -0.05) is 13.3 Å². The van der Waals surface area contributed by atoms with Crippen LogP contribution < -0.4 is 5.32 Å². The fourth-order valence-corrected chi connectivity index (χ4v) is 2.49. The summed E-state index contributed by atoms with van der Waals surface area (Å²) in [6, 6.07) is 0.584. The number of unbranched alkanes of at least 4 members (excludes halogenated alkanes) is 1. The lowest BCUT2D eigenvalue weighted by Crippen LogP contribution is -2.33. The fraction of sp³-hybridized carbons (Fsp3) is 0.769. The van der Waals surface area contributed by atoms with Crippen LogP contribution in [0.25, 0.3) is 0 Å². The van der Waals surface area contributed by atoms with Gasteiger partial charge in [-0.3, -0.25) is 0 Å². The first-order valence-corrected chi connectivity index (χ1v) is 6.76. The van der Waals surface area contributed by atoms with Crippen molar-refractivity contribution in [2.24, 2.45) is 0 Å². The largest absolute Gasteiger partial charge is 0.356 e. The van der Waals surface area contributed by atoms with Crippen molar-refractivity contribution >= 4 is 5.95 Å². The average Bonchev–Trinajstić information content (AvgIpc) is 2.78. The molecule has 2 rings (SSSR count). The first-order valence-electron chi connectivity index (χ1n) is 6.76. The minimum Gasteiger partial charge on any atom is -0.356 e. The molecule has 1 aromatic heterocycles. The molecular formula is C13H24N4. The quantitative estimate of drug-likeness (QED) is 0.797. The van der Waals surface area contributed by atoms with Gasteiger partial charge in [0, 0.05) is 31.5 Å². The number of piperidine rings is 1. The van der Waals surface area contributed by atoms with Crippen LogP contribution in [0.1, 0.15) is 38.6 Å². The monoisotopic (exact) mass is 236 g/mol. The van der Waals surface area contributed by atoms with Crippen LogP contribution in [0.5, 0.6) is 0 Å². The fourth-order valence-electron chi connectivity index (χ4n) is 2.49. The molecule has 1 atom stereocenters. The Labute approximate surface area is 104 Å². The van der Waals surface area contributed by atoms with Gasteiger partial charge in [0.2, 0.25) is 5.95 Å². The maximum atomic E-state index is 4.42. The maximum Gasteiger partial charge on any atom is 0.203 e. The molecule has 96 valence electrons. The molecule has 4 nitrogen and oxygen atoms in total. The summed E-state index contributed by atoms with van der Waals surface area (Å²) >= 11 is 0. The van der Waals surface area contributed by atoms with E-state index >= 15 is 0 Å². The van der Waals surface area contributed by atoms with Crippen LogP contribution in [-0.2, 0) is 0 Å². The van der Waals surface area contributed by atoms with Crippen molar-refractivity contribution in [2.75, 3.05) is 32.0 Å². The van der Waals surface area contributed by atoms with Crippen molar-refractivity contribution in [3.05, 3.63) is 12.4 Å². The summed E-state index contributed by atoms with van der Waals surface area (Å²) < 4.78 is 2.31. The summed E-state index contributed by atoms with van der Waals surface area (Å²) in [5.41, 5.74) is 0. The SMILES string of the molecule is CCCCNc1nccn1C1CCCN(C)C1. The molecule has 1 aliphatic rings. The highest BCUT2D eigenvalue weighted by atomic mass is 15.2. The molecule has 0 spiro atoms. The molecule has 2 heterocycles. The molecule has 0 bridgehead atoms. The number of likely N-dealkylation sites (N-methyl/N-ethyl adjacent to an activating group) is 1. The summed E-state index contributed by atoms with van der Waals surface area (Å²) in [6.07, 6.45) is 9.00. The topological polar surface area (TPSA) is 33.1 Å². The average molecular weight is 236 g/mol. The Morgan fingerprint density at radius 2 is 2.41 bits per heavy atom. The molecular weight excluding hydrogens is 212 g/mol. The lowest BCUT2D eigenvalue weighted by Gasteiger charge is -2.31. The van der Waals surface area contributed by atoms with Gasteiger partial charge >= 0.3 is 0 Å². The molecule has 1 fully saturated rings. The third-order valence-electron chi connectivity index (χ3n) is 3.48. The van der Waals surface area contributed by atoms with Crippen LogP contribution in [0.15, 0.2) is 12.4 Å². The van der Waals surface area contributed by atoms with Crippen LogP contribution in [0.2, 0.25) is 0 Å². The molecule has 0 amide bonds. The van der Waals surface area contributed by atoms with Crippen LogP contribution in [-0.4, -0.2) is 41.1 Å². The van der Waals surface area contributed by atoms with Crippen LogP contribution >= 0.6 is 0 Å². The van der Waals surface area contributed by atoms with E-state index in [0.29, 0.717) is 6.04 Å². The summed E-state index contributed by atoms with van der Waals surface area (Å²) in [5.74, 6) is 1.04. The lowest BCUT2D eigenvalue weighted by molar-refractivity contribution is 0.213. The van der Waals surface area contributed by atoms with E-state index < -0.39 is 0 Å². The second-order valence-electron chi connectivity index (χ2n) is 5.00. The number of aromatic nitrogens is 2. The summed E-state index contributed by atoms with van der Waals surface area (Å²) in [5, 5.41) is 3.44. The Morgan fingerprint density at radius 1 is 1.53 bits per heavy atom. The number of rotatable bonds is 5. The first kappa shape index (κ1) is 12.4. The summed E-state index contributed by atoms with van der Waals surface area (Å²) in [6.45, 7) is 5.60. The Bertz CT molecular complexity index is 334. The molecule has 17 heavy (non-hydrogen) atoms. The molecule has 1 saturated heterocycles. The van der Waals surface area contributed by atoms with Crippen LogP contribution in [0.4, 0.5) is 5.95 Å². The van der Waals surface area contributed by atoms with Gasteiger partial charge in [0.25, 0.3) is 0 Å². The van der Waals surface area contributed by atoms with E-state index in [-0.39, 0.29) is 0 Å². The molecule has 1 aromatic rings. The van der Waals surface area contributed by atoms with E-state index in [1.807, 2.05) is 6.20 Å². The van der Waals surface area contributed by atoms with Crippen LogP contribution in [0, 0.1) is 0 Å². The minimum absolute atomic E-state index is 0.584. The summed E-state index contributed by atoms with van der Waals surface area (Å²) in [7, 11) is 2.20. The molecule has 0 aliphatic carbocycles. The Kier molecular flexibility index (Phi) is 4.42. The van der Waals surface area contributed by atoms with Gasteiger partial charge in [0.15, 0.2) is 0 Å². The predicted octanol–water partition coefficient (Wildman–Crippen LogP) is 2.36. The predicted molar refractivity (Wildman–Crippen MR) is 71.4 cm³/mol. The Hall–Kier alpha value is -1.03. The second-order valence-corrected chi connectivity index (χ2v) is 5.00. The van der Waals surface area contributed by atoms with Gasteiger partial charge in [-0.15, -0.1) is 0 Å². The lowest BCUT2D eigenvalue weighted by atomic mass is 10.1. The molecule has 4 heteroatoms. The summed E-state index contributed by atoms with van der Waals surface area (Å²) in [4.78, 5) is 6.83. The minimum atomic E-state index is 0.584. The standard InChI is InChI=1S/C13H24N4/c1-3-4-7-14-13-15-8-10-17(13)12-6-5-9-16(2)11-12/h8,10,12H,3-7,9,11H2,1-2H3,(H,14,15). The van der Waals surface area contributed by atoms with Crippen molar-refractivity contribution in [3.8, 4) is 0 Å². The molecule has 0 aromatic carbocycles. The second kappa shape index (κ2) is 6.05. The van der Waals surface area contributed by atoms with Crippen molar-refractivity contribution in [3.63, 3.8) is 0 Å². The molecule has 0 saturated carbocycles. The zero-order valence-electron chi connectivity index (χ0n) is 11.0. The van der Waals surface area contributed by atoms with Gasteiger partial charge < -0.3 is 14.8 Å². The van der Waals surface area contributed by atoms with Crippen LogP contribution in [0.3, 0.4) is 0 Å². The molecule has 1 unspecified atom stereocenters. The normalized spacial score (nSPS) is 21.6. The highest BCUT2D eigenvalue weighted by molar-refractivity contribution is 5.26. The third-order valence-corrected chi connectivity index (χ3v) is 3.48. The molecule has 0 radical (unpaired) electrons. The van der Waals surface area contributed by atoms with Crippen molar-refractivity contribution in [2.45, 2.75) is 38.6 Å². The zero-order chi connectivity index (χ0) is 12.1. The van der Waals surface area contributed by atoms with Crippen molar-refractivity contribution < 1.29 is 0 Å². The number of imidazole rings is 1. The van der Waals surface area contributed by atoms with Crippen molar-refractivity contribution in [1.29, 1.82) is 0 Å². The van der Waals surface area contributed by atoms with E-state index in [4.69, 9.17) is 0 Å². The van der Waals surface area contributed by atoms with Gasteiger partial charge in [0.05, 0.1) is 0 Å². The number of nitrogens with zero attached hydrogens (tertiary/aromatic N) is 3. The van der Waals surface area contributed by atoms with Crippen molar-refractivity contribution in [1.82, 2.24) is 14.5 Å². The van der Waals surface area contributed by atoms with Gasteiger partial charge in [-0.05, 0) is 32.9 Å². The van der Waals surface area contributed by atoms with E-state index in [9.17, 15) is 0 Å². The highest BCUT2D eigenvalue weighted by Crippen LogP contribution is 2.23. The smallest absolute Gasteiger partial charge is 0.203 e. The number of nitrogens with one attached hydrogen (secondary N) is 1. The Balaban J connectivity index is 1.97. The maximum absolute atomic E-state index is 4.42. The van der Waals surface area contributed by atoms with Gasteiger partial charge in [-0.2, -0.15) is 0 Å². The van der Waals surface area contributed by atoms with Gasteiger partial charge in [-0.25, -0.2) is 4.98 Å². The van der Waals surface area contributed by atoms with E-state index in [1.54, 1.807) is 0 Å². The number of hydrogen-bond acceptors (Lipinski definition) is 3. The number of likely N-dealkylation sites (tertiary alicyclic amines) is 1. The number of anilines is 1. The highest BCUT2D eigenvalue weighted by Gasteiger charge is 2.20. The Morgan fingerprint density at radius 3 is 3.18 bits per heavy atom. The number of hydrogen-bond donors (Lipinski definition) is 1.